The van der Waals surface area contributed by atoms with Crippen LogP contribution in [-0.4, -0.2) is 4.98 Å². The van der Waals surface area contributed by atoms with Gasteiger partial charge < -0.3 is 4.98 Å². The third-order valence-corrected chi connectivity index (χ3v) is 10.7. The number of nitrogens with one attached hydrogen (secondary N) is 1. The van der Waals surface area contributed by atoms with E-state index in [9.17, 15) is 0 Å². The molecular weight excluding hydrogens is 591 g/mol. The Morgan fingerprint density at radius 3 is 1.33 bits per heavy atom. The van der Waals surface area contributed by atoms with E-state index in [1.54, 1.807) is 0 Å². The number of benzene rings is 10. The van der Waals surface area contributed by atoms with Crippen LogP contribution in [0, 0.1) is 0 Å². The summed E-state index contributed by atoms with van der Waals surface area (Å²) in [7, 11) is 0. The van der Waals surface area contributed by atoms with Gasteiger partial charge in [-0.3, -0.25) is 0 Å². The number of aromatic nitrogens is 1. The lowest BCUT2D eigenvalue weighted by Gasteiger charge is -2.18. The van der Waals surface area contributed by atoms with Gasteiger partial charge in [-0.05, 0) is 88.2 Å². The van der Waals surface area contributed by atoms with Crippen LogP contribution in [0.4, 0.5) is 0 Å². The molecule has 49 heavy (non-hydrogen) atoms. The van der Waals surface area contributed by atoms with Crippen LogP contribution in [0.15, 0.2) is 170 Å². The predicted octanol–water partition coefficient (Wildman–Crippen LogP) is 13.5. The second kappa shape index (κ2) is 10.0. The van der Waals surface area contributed by atoms with Crippen LogP contribution >= 0.6 is 0 Å². The molecule has 0 aliphatic carbocycles. The lowest BCUT2D eigenvalue weighted by molar-refractivity contribution is 1.52. The van der Waals surface area contributed by atoms with Crippen molar-refractivity contribution in [2.45, 2.75) is 0 Å². The summed E-state index contributed by atoms with van der Waals surface area (Å²) in [5.41, 5.74) is 9.66. The number of hydrogen-bond acceptors (Lipinski definition) is 0. The van der Waals surface area contributed by atoms with Gasteiger partial charge in [-0.15, -0.1) is 0 Å². The van der Waals surface area contributed by atoms with Gasteiger partial charge in [-0.2, -0.15) is 0 Å². The summed E-state index contributed by atoms with van der Waals surface area (Å²) in [5.74, 6) is 0. The van der Waals surface area contributed by atoms with Crippen molar-refractivity contribution in [3.05, 3.63) is 170 Å². The highest BCUT2D eigenvalue weighted by molar-refractivity contribution is 6.40. The molecule has 0 unspecified atom stereocenters. The number of fused-ring (bicyclic) bond motifs is 9. The van der Waals surface area contributed by atoms with Crippen LogP contribution in [0.3, 0.4) is 0 Å². The fourth-order valence-electron chi connectivity index (χ4n) is 8.59. The average Bonchev–Trinajstić information content (AvgIpc) is 3.57. The van der Waals surface area contributed by atoms with Gasteiger partial charge in [0.05, 0.1) is 11.0 Å². The number of para-hydroxylation sites is 2. The van der Waals surface area contributed by atoms with Crippen molar-refractivity contribution in [3.63, 3.8) is 0 Å². The smallest absolute Gasteiger partial charge is 0.0544 e. The Bertz CT molecular complexity index is 3090. The lowest BCUT2D eigenvalue weighted by Crippen LogP contribution is -1.90. The first-order valence-electron chi connectivity index (χ1n) is 17.0. The van der Waals surface area contributed by atoms with Crippen molar-refractivity contribution in [1.29, 1.82) is 0 Å². The first kappa shape index (κ1) is 26.6. The van der Waals surface area contributed by atoms with Gasteiger partial charge in [0.25, 0.3) is 0 Å². The molecule has 0 saturated heterocycles. The first-order chi connectivity index (χ1) is 24.3. The Morgan fingerprint density at radius 2 is 0.673 bits per heavy atom. The molecule has 1 heteroatoms. The van der Waals surface area contributed by atoms with Crippen LogP contribution in [0.1, 0.15) is 0 Å². The maximum absolute atomic E-state index is 3.86. The summed E-state index contributed by atoms with van der Waals surface area (Å²) in [6.45, 7) is 0. The van der Waals surface area contributed by atoms with E-state index in [0.29, 0.717) is 0 Å². The van der Waals surface area contributed by atoms with Crippen LogP contribution in [-0.2, 0) is 0 Å². The zero-order valence-corrected chi connectivity index (χ0v) is 26.7. The Kier molecular flexibility index (Phi) is 5.45. The summed E-state index contributed by atoms with van der Waals surface area (Å²) in [6, 6.07) is 62.5. The molecule has 0 amide bonds. The van der Waals surface area contributed by atoms with E-state index < -0.39 is 0 Å². The molecule has 0 radical (unpaired) electrons. The fourth-order valence-corrected chi connectivity index (χ4v) is 8.59. The largest absolute Gasteiger partial charge is 0.353 e. The maximum Gasteiger partial charge on any atom is 0.0544 e. The zero-order chi connectivity index (χ0) is 32.1. The van der Waals surface area contributed by atoms with Crippen molar-refractivity contribution < 1.29 is 0 Å². The van der Waals surface area contributed by atoms with Crippen molar-refractivity contribution in [2.75, 3.05) is 0 Å². The molecule has 0 aliphatic rings. The quantitative estimate of drug-likeness (QED) is 0.150. The van der Waals surface area contributed by atoms with Crippen molar-refractivity contribution in [3.8, 4) is 33.4 Å². The highest BCUT2D eigenvalue weighted by atomic mass is 14.7. The number of H-pyrrole nitrogens is 1. The van der Waals surface area contributed by atoms with E-state index in [1.165, 1.54) is 109 Å². The van der Waals surface area contributed by atoms with E-state index in [1.807, 2.05) is 0 Å². The minimum Gasteiger partial charge on any atom is -0.353 e. The molecule has 0 bridgehead atoms. The van der Waals surface area contributed by atoms with Crippen LogP contribution in [0.25, 0.3) is 109 Å². The Balaban J connectivity index is 1.12. The van der Waals surface area contributed by atoms with Crippen molar-refractivity contribution in [1.82, 2.24) is 4.98 Å². The SMILES string of the molecule is c1ccc(-c2cccc3c2[nH]c2c(-c4cccc(-c5ccc6c(c5)c5cccc7c8ccccc8c8cccc6c8c75)c4)cccc23)cc1. The van der Waals surface area contributed by atoms with Gasteiger partial charge in [0, 0.05) is 21.9 Å². The molecule has 10 aromatic carbocycles. The monoisotopic (exact) mass is 619 g/mol. The van der Waals surface area contributed by atoms with Crippen molar-refractivity contribution in [2.24, 2.45) is 0 Å². The normalized spacial score (nSPS) is 12.1. The van der Waals surface area contributed by atoms with Crippen molar-refractivity contribution >= 4 is 75.7 Å². The van der Waals surface area contributed by atoms with Gasteiger partial charge >= 0.3 is 0 Å². The van der Waals surface area contributed by atoms with E-state index >= 15 is 0 Å². The minimum atomic E-state index is 1.17. The van der Waals surface area contributed by atoms with Gasteiger partial charge in [0.2, 0.25) is 0 Å². The number of hydrogen-bond donors (Lipinski definition) is 1. The molecule has 1 N–H and O–H groups in total. The van der Waals surface area contributed by atoms with E-state index in [-0.39, 0.29) is 0 Å². The molecule has 0 atom stereocenters. The molecule has 0 fully saturated rings. The Hall–Kier alpha value is -6.44. The standard InChI is InChI=1S/C48H29N/c1-2-11-29(12-3-1)33-17-7-23-42-43-24-8-18-34(48(43)49-47(33)42)32-14-6-13-30(27-32)31-25-26-37-40-21-9-19-38-35-15-4-5-16-36(35)39-20-10-22-41(44(37)28-31)46(39)45(38)40/h1-28,49H. The number of aromatic amines is 1. The third-order valence-electron chi connectivity index (χ3n) is 10.7. The summed E-state index contributed by atoms with van der Waals surface area (Å²) in [5, 5.41) is 15.8. The summed E-state index contributed by atoms with van der Waals surface area (Å²) < 4.78 is 0. The Labute approximate surface area is 283 Å². The van der Waals surface area contributed by atoms with Gasteiger partial charge in [-0.25, -0.2) is 0 Å². The van der Waals surface area contributed by atoms with E-state index in [0.717, 1.165) is 0 Å². The highest BCUT2D eigenvalue weighted by Crippen LogP contribution is 2.45. The lowest BCUT2D eigenvalue weighted by atomic mass is 9.85. The zero-order valence-electron chi connectivity index (χ0n) is 26.7. The molecular formula is C48H29N. The van der Waals surface area contributed by atoms with Gasteiger partial charge in [0.1, 0.15) is 0 Å². The predicted molar refractivity (Wildman–Crippen MR) is 211 cm³/mol. The van der Waals surface area contributed by atoms with Crippen LogP contribution in [0.2, 0.25) is 0 Å². The molecule has 1 aromatic heterocycles. The molecule has 0 aliphatic heterocycles. The molecule has 1 heterocycles. The molecule has 0 saturated carbocycles. The van der Waals surface area contributed by atoms with Gasteiger partial charge in [-0.1, -0.05) is 158 Å². The number of rotatable bonds is 3. The summed E-state index contributed by atoms with van der Waals surface area (Å²) >= 11 is 0. The minimum absolute atomic E-state index is 1.17. The van der Waals surface area contributed by atoms with E-state index in [4.69, 9.17) is 0 Å². The molecule has 0 spiro atoms. The van der Waals surface area contributed by atoms with Gasteiger partial charge in [0.15, 0.2) is 0 Å². The third kappa shape index (κ3) is 3.76. The fraction of sp³-hybridized carbons (Fsp3) is 0. The average molecular weight is 620 g/mol. The topological polar surface area (TPSA) is 15.8 Å². The second-order valence-corrected chi connectivity index (χ2v) is 13.3. The summed E-state index contributed by atoms with van der Waals surface area (Å²) in [6.07, 6.45) is 0. The second-order valence-electron chi connectivity index (χ2n) is 13.3. The molecule has 11 aromatic rings. The Morgan fingerprint density at radius 1 is 0.245 bits per heavy atom. The van der Waals surface area contributed by atoms with Crippen LogP contribution < -0.4 is 0 Å². The van der Waals surface area contributed by atoms with Crippen LogP contribution in [0.5, 0.6) is 0 Å². The molecule has 11 rings (SSSR count). The molecule has 1 nitrogen and oxygen atoms in total. The maximum atomic E-state index is 3.86. The highest BCUT2D eigenvalue weighted by Gasteiger charge is 2.18. The molecule has 226 valence electrons. The summed E-state index contributed by atoms with van der Waals surface area (Å²) in [4.78, 5) is 3.86. The van der Waals surface area contributed by atoms with E-state index in [2.05, 4.69) is 175 Å². The first-order valence-corrected chi connectivity index (χ1v) is 17.0.